The van der Waals surface area contributed by atoms with E-state index in [1.54, 1.807) is 0 Å². The number of ether oxygens (including phenoxy) is 1. The lowest BCUT2D eigenvalue weighted by molar-refractivity contribution is -0.139. The molecule has 2 unspecified atom stereocenters. The second kappa shape index (κ2) is 4.35. The van der Waals surface area contributed by atoms with E-state index in [1.165, 1.54) is 12.0 Å². The van der Waals surface area contributed by atoms with Gasteiger partial charge in [0.05, 0.1) is 6.61 Å². The third-order valence-corrected chi connectivity index (χ3v) is 3.56. The van der Waals surface area contributed by atoms with Gasteiger partial charge in [-0.05, 0) is 44.4 Å². The van der Waals surface area contributed by atoms with E-state index in [-0.39, 0.29) is 12.6 Å². The molecular weight excluding hydrogens is 192 g/mol. The summed E-state index contributed by atoms with van der Waals surface area (Å²) in [6, 6.07) is 0. The highest BCUT2D eigenvalue weighted by molar-refractivity contribution is 5.91. The van der Waals surface area contributed by atoms with Gasteiger partial charge in [-0.1, -0.05) is 5.57 Å². The fourth-order valence-corrected chi connectivity index (χ4v) is 3.01. The van der Waals surface area contributed by atoms with E-state index in [0.717, 1.165) is 18.4 Å². The molecule has 1 N–H and O–H groups in total. The maximum Gasteiger partial charge on any atom is 0.334 e. The molecule has 15 heavy (non-hydrogen) atoms. The van der Waals surface area contributed by atoms with Crippen LogP contribution in [0.25, 0.3) is 0 Å². The number of carbonyl (C=O) groups is 1. The molecule has 2 aliphatic rings. The second-order valence-electron chi connectivity index (χ2n) is 4.34. The summed E-state index contributed by atoms with van der Waals surface area (Å²) >= 11 is 0. The van der Waals surface area contributed by atoms with Gasteiger partial charge < -0.3 is 9.84 Å². The van der Waals surface area contributed by atoms with Crippen LogP contribution in [0.5, 0.6) is 0 Å². The van der Waals surface area contributed by atoms with Crippen LogP contribution < -0.4 is 0 Å². The van der Waals surface area contributed by atoms with E-state index in [9.17, 15) is 4.79 Å². The summed E-state index contributed by atoms with van der Waals surface area (Å²) in [6.07, 6.45) is 4.05. The van der Waals surface area contributed by atoms with Crippen molar-refractivity contribution in [3.63, 3.8) is 0 Å². The predicted molar refractivity (Wildman–Crippen MR) is 56.2 cm³/mol. The maximum atomic E-state index is 11.8. The number of aliphatic hydroxyl groups excluding tert-OH is 1. The largest absolute Gasteiger partial charge is 0.463 e. The summed E-state index contributed by atoms with van der Waals surface area (Å²) in [5.74, 6) is 0.810. The monoisotopic (exact) mass is 210 g/mol. The molecule has 3 heteroatoms. The average molecular weight is 210 g/mol. The minimum atomic E-state index is -0.145. The average Bonchev–Trinajstić information content (AvgIpc) is 2.78. The Bertz CT molecular complexity index is 293. The molecule has 84 valence electrons. The molecule has 2 rings (SSSR count). The van der Waals surface area contributed by atoms with Crippen molar-refractivity contribution in [1.82, 2.24) is 0 Å². The van der Waals surface area contributed by atoms with Crippen LogP contribution in [0.15, 0.2) is 11.1 Å². The van der Waals surface area contributed by atoms with Crippen LogP contribution in [0.4, 0.5) is 0 Å². The molecule has 1 fully saturated rings. The first-order valence-corrected chi connectivity index (χ1v) is 5.78. The van der Waals surface area contributed by atoms with Gasteiger partial charge in [-0.25, -0.2) is 4.79 Å². The van der Waals surface area contributed by atoms with E-state index in [0.29, 0.717) is 24.9 Å². The Morgan fingerprint density at radius 3 is 2.87 bits per heavy atom. The van der Waals surface area contributed by atoms with Gasteiger partial charge in [0, 0.05) is 12.2 Å². The van der Waals surface area contributed by atoms with Crippen molar-refractivity contribution in [2.24, 2.45) is 11.8 Å². The third-order valence-electron chi connectivity index (χ3n) is 3.56. The molecular formula is C12H18O3. The highest BCUT2D eigenvalue weighted by Crippen LogP contribution is 2.49. The van der Waals surface area contributed by atoms with Crippen LogP contribution in [0, 0.1) is 11.8 Å². The van der Waals surface area contributed by atoms with Gasteiger partial charge in [0.1, 0.15) is 0 Å². The predicted octanol–water partition coefficient (Wildman–Crippen LogP) is 1.66. The second-order valence-corrected chi connectivity index (χ2v) is 4.34. The fraction of sp³-hybridized carbons (Fsp3) is 0.750. The van der Waals surface area contributed by atoms with Gasteiger partial charge in [-0.3, -0.25) is 0 Å². The first-order chi connectivity index (χ1) is 7.27. The van der Waals surface area contributed by atoms with Crippen LogP contribution >= 0.6 is 0 Å². The molecule has 0 saturated heterocycles. The van der Waals surface area contributed by atoms with Crippen molar-refractivity contribution >= 4 is 5.97 Å². The summed E-state index contributed by atoms with van der Waals surface area (Å²) in [5.41, 5.74) is 2.06. The summed E-state index contributed by atoms with van der Waals surface area (Å²) < 4.78 is 5.08. The molecule has 2 bridgehead atoms. The molecule has 0 radical (unpaired) electrons. The molecule has 0 aromatic rings. The molecule has 0 heterocycles. The zero-order valence-corrected chi connectivity index (χ0v) is 9.16. The molecule has 1 saturated carbocycles. The Hall–Kier alpha value is -0.830. The van der Waals surface area contributed by atoms with Gasteiger partial charge >= 0.3 is 5.97 Å². The van der Waals surface area contributed by atoms with E-state index >= 15 is 0 Å². The molecule has 2 aliphatic carbocycles. The molecule has 0 amide bonds. The normalized spacial score (nSPS) is 28.7. The number of rotatable bonds is 4. The van der Waals surface area contributed by atoms with E-state index < -0.39 is 0 Å². The summed E-state index contributed by atoms with van der Waals surface area (Å²) in [5, 5.41) is 9.00. The standard InChI is InChI=1S/C12H18O3/c1-2-15-12(14)11-9-4-3-8(7-9)10(11)5-6-13/h8-9,13H,2-7H2,1H3. The van der Waals surface area contributed by atoms with Crippen molar-refractivity contribution in [1.29, 1.82) is 0 Å². The summed E-state index contributed by atoms with van der Waals surface area (Å²) in [4.78, 5) is 11.8. The van der Waals surface area contributed by atoms with Crippen molar-refractivity contribution in [2.45, 2.75) is 32.6 Å². The number of esters is 1. The zero-order valence-electron chi connectivity index (χ0n) is 9.16. The van der Waals surface area contributed by atoms with Gasteiger partial charge in [0.25, 0.3) is 0 Å². The Morgan fingerprint density at radius 1 is 1.47 bits per heavy atom. The topological polar surface area (TPSA) is 46.5 Å². The van der Waals surface area contributed by atoms with Gasteiger partial charge in [-0.15, -0.1) is 0 Å². The molecule has 0 spiro atoms. The van der Waals surface area contributed by atoms with Crippen molar-refractivity contribution in [2.75, 3.05) is 13.2 Å². The fourth-order valence-electron chi connectivity index (χ4n) is 3.01. The highest BCUT2D eigenvalue weighted by Gasteiger charge is 2.41. The number of aliphatic hydroxyl groups is 1. The molecule has 0 aromatic heterocycles. The van der Waals surface area contributed by atoms with Crippen LogP contribution in [0.2, 0.25) is 0 Å². The first kappa shape index (κ1) is 10.7. The van der Waals surface area contributed by atoms with Crippen LogP contribution in [0.3, 0.4) is 0 Å². The molecule has 0 aliphatic heterocycles. The van der Waals surface area contributed by atoms with Gasteiger partial charge in [0.15, 0.2) is 0 Å². The van der Waals surface area contributed by atoms with Crippen molar-refractivity contribution in [3.8, 4) is 0 Å². The number of carbonyl (C=O) groups excluding carboxylic acids is 1. The van der Waals surface area contributed by atoms with Crippen LogP contribution in [-0.4, -0.2) is 24.3 Å². The smallest absolute Gasteiger partial charge is 0.334 e. The summed E-state index contributed by atoms with van der Waals surface area (Å²) in [6.45, 7) is 2.41. The van der Waals surface area contributed by atoms with E-state index in [1.807, 2.05) is 6.92 Å². The van der Waals surface area contributed by atoms with Crippen LogP contribution in [-0.2, 0) is 9.53 Å². The first-order valence-electron chi connectivity index (χ1n) is 5.78. The minimum absolute atomic E-state index is 0.140. The lowest BCUT2D eigenvalue weighted by Gasteiger charge is -2.17. The number of hydrogen-bond acceptors (Lipinski definition) is 3. The number of fused-ring (bicyclic) bond motifs is 2. The van der Waals surface area contributed by atoms with Gasteiger partial charge in [0.2, 0.25) is 0 Å². The summed E-state index contributed by atoms with van der Waals surface area (Å²) in [7, 11) is 0. The Morgan fingerprint density at radius 2 is 2.20 bits per heavy atom. The highest BCUT2D eigenvalue weighted by atomic mass is 16.5. The SMILES string of the molecule is CCOC(=O)C1=C(CCO)C2CCC1C2. The minimum Gasteiger partial charge on any atom is -0.463 e. The number of hydrogen-bond donors (Lipinski definition) is 1. The lowest BCUT2D eigenvalue weighted by atomic mass is 9.90. The van der Waals surface area contributed by atoms with Crippen LogP contribution in [0.1, 0.15) is 32.6 Å². The Labute approximate surface area is 90.1 Å². The van der Waals surface area contributed by atoms with Crippen molar-refractivity contribution < 1.29 is 14.6 Å². The van der Waals surface area contributed by atoms with Crippen molar-refractivity contribution in [3.05, 3.63) is 11.1 Å². The molecule has 0 aromatic carbocycles. The van der Waals surface area contributed by atoms with E-state index in [2.05, 4.69) is 0 Å². The zero-order chi connectivity index (χ0) is 10.8. The molecule has 2 atom stereocenters. The quantitative estimate of drug-likeness (QED) is 0.718. The Balaban J connectivity index is 2.20. The van der Waals surface area contributed by atoms with Gasteiger partial charge in [-0.2, -0.15) is 0 Å². The maximum absolute atomic E-state index is 11.8. The third kappa shape index (κ3) is 1.81. The Kier molecular flexibility index (Phi) is 3.10. The van der Waals surface area contributed by atoms with E-state index in [4.69, 9.17) is 9.84 Å². The lowest BCUT2D eigenvalue weighted by Crippen LogP contribution is -2.16. The molecule has 3 nitrogen and oxygen atoms in total.